The van der Waals surface area contributed by atoms with Gasteiger partial charge in [0.05, 0.1) is 12.3 Å². The lowest BCUT2D eigenvalue weighted by Gasteiger charge is -2.30. The molecule has 0 amide bonds. The number of unbranched alkanes of at least 4 members (excludes halogenated alkanes) is 1. The van der Waals surface area contributed by atoms with Crippen LogP contribution in [0.3, 0.4) is 0 Å². The molecular weight excluding hydrogens is 434 g/mol. The first-order valence-corrected chi connectivity index (χ1v) is 13.2. The molecule has 2 aromatic rings. The molecule has 2 aromatic carbocycles. The van der Waals surface area contributed by atoms with E-state index >= 15 is 0 Å². The van der Waals surface area contributed by atoms with E-state index in [0.717, 1.165) is 25.0 Å². The van der Waals surface area contributed by atoms with E-state index in [-0.39, 0.29) is 21.4 Å². The fraction of sp³-hybridized carbons (Fsp3) is 0.538. The molecule has 6 nitrogen and oxygen atoms in total. The van der Waals surface area contributed by atoms with Crippen molar-refractivity contribution >= 4 is 21.4 Å². The summed E-state index contributed by atoms with van der Waals surface area (Å²) in [5, 5.41) is 0. The highest BCUT2D eigenvalue weighted by Gasteiger charge is 2.26. The Balaban J connectivity index is 1.97. The second-order valence-electron chi connectivity index (χ2n) is 9.94. The van der Waals surface area contributed by atoms with Gasteiger partial charge in [0.25, 0.3) is 0 Å². The minimum absolute atomic E-state index is 0.00378. The van der Waals surface area contributed by atoms with Gasteiger partial charge in [-0.1, -0.05) is 53.7 Å². The smallest absolute Gasteiger partial charge is 0.242 e. The van der Waals surface area contributed by atoms with Crippen molar-refractivity contribution in [2.75, 3.05) is 24.6 Å². The zero-order chi connectivity index (χ0) is 24.9. The van der Waals surface area contributed by atoms with Crippen LogP contribution in [0, 0.1) is 0 Å². The third-order valence-electron chi connectivity index (χ3n) is 6.70. The maximum Gasteiger partial charge on any atom is 0.242 e. The third-order valence-corrected chi connectivity index (χ3v) is 8.24. The Morgan fingerprint density at radius 1 is 0.909 bits per heavy atom. The van der Waals surface area contributed by atoms with Crippen LogP contribution >= 0.6 is 0 Å². The van der Waals surface area contributed by atoms with Gasteiger partial charge in [0, 0.05) is 17.8 Å². The molecule has 0 bridgehead atoms. The van der Waals surface area contributed by atoms with Crippen LogP contribution in [0.4, 0.5) is 11.4 Å². The van der Waals surface area contributed by atoms with Crippen LogP contribution in [0.25, 0.3) is 0 Å². The van der Waals surface area contributed by atoms with E-state index in [0.29, 0.717) is 25.3 Å². The Morgan fingerprint density at radius 3 is 2.18 bits per heavy atom. The van der Waals surface area contributed by atoms with Crippen molar-refractivity contribution in [3.05, 3.63) is 47.5 Å². The molecule has 184 valence electrons. The van der Waals surface area contributed by atoms with Crippen LogP contribution in [0.15, 0.2) is 41.3 Å². The van der Waals surface area contributed by atoms with E-state index in [9.17, 15) is 8.42 Å². The van der Waals surface area contributed by atoms with Crippen molar-refractivity contribution in [2.24, 2.45) is 0 Å². The van der Waals surface area contributed by atoms with Gasteiger partial charge in [0.1, 0.15) is 10.6 Å². The Labute approximate surface area is 200 Å². The summed E-state index contributed by atoms with van der Waals surface area (Å²) in [4.78, 5) is 0.0504. The molecule has 0 atom stereocenters. The molecule has 0 saturated heterocycles. The second kappa shape index (κ2) is 10.8. The number of nitrogen functional groups attached to an aromatic ring is 2. The number of nitrogens with one attached hydrogen (secondary N) is 1. The molecule has 0 fully saturated rings. The van der Waals surface area contributed by atoms with Gasteiger partial charge in [0.15, 0.2) is 0 Å². The van der Waals surface area contributed by atoms with E-state index in [2.05, 4.69) is 64.5 Å². The summed E-state index contributed by atoms with van der Waals surface area (Å²) in [7, 11) is -3.67. The van der Waals surface area contributed by atoms with Crippen molar-refractivity contribution in [3.8, 4) is 5.75 Å². The minimum Gasteiger partial charge on any atom is -0.493 e. The summed E-state index contributed by atoms with van der Waals surface area (Å²) in [6.45, 7) is 14.3. The van der Waals surface area contributed by atoms with E-state index < -0.39 is 10.0 Å². The van der Waals surface area contributed by atoms with Crippen molar-refractivity contribution in [1.29, 1.82) is 0 Å². The lowest BCUT2D eigenvalue weighted by Crippen LogP contribution is -2.26. The zero-order valence-corrected chi connectivity index (χ0v) is 21.8. The van der Waals surface area contributed by atoms with Gasteiger partial charge in [-0.3, -0.25) is 0 Å². The van der Waals surface area contributed by atoms with Crippen LogP contribution in [0.2, 0.25) is 0 Å². The molecule has 0 spiro atoms. The summed E-state index contributed by atoms with van der Waals surface area (Å²) in [5.74, 6) is 0.910. The van der Waals surface area contributed by atoms with Gasteiger partial charge >= 0.3 is 0 Å². The minimum atomic E-state index is -3.67. The van der Waals surface area contributed by atoms with E-state index in [1.807, 2.05) is 0 Å². The number of anilines is 2. The second-order valence-corrected chi connectivity index (χ2v) is 11.7. The maximum absolute atomic E-state index is 12.5. The fourth-order valence-corrected chi connectivity index (χ4v) is 4.69. The zero-order valence-electron chi connectivity index (χ0n) is 21.0. The first-order chi connectivity index (χ1) is 15.3. The summed E-state index contributed by atoms with van der Waals surface area (Å²) in [6, 6.07) is 11.0. The van der Waals surface area contributed by atoms with Crippen LogP contribution in [0.5, 0.6) is 5.75 Å². The molecule has 0 aliphatic carbocycles. The predicted molar refractivity (Wildman–Crippen MR) is 138 cm³/mol. The summed E-state index contributed by atoms with van der Waals surface area (Å²) in [6.07, 6.45) is 3.46. The Kier molecular flexibility index (Phi) is 8.82. The summed E-state index contributed by atoms with van der Waals surface area (Å²) < 4.78 is 33.7. The average Bonchev–Trinajstić information content (AvgIpc) is 2.75. The molecule has 0 aromatic heterocycles. The lowest BCUT2D eigenvalue weighted by molar-refractivity contribution is 0.296. The van der Waals surface area contributed by atoms with Gasteiger partial charge < -0.3 is 16.2 Å². The normalized spacial score (nSPS) is 12.7. The van der Waals surface area contributed by atoms with Gasteiger partial charge in [-0.05, 0) is 66.3 Å². The van der Waals surface area contributed by atoms with Gasteiger partial charge in [-0.15, -0.1) is 0 Å². The predicted octanol–water partition coefficient (Wildman–Crippen LogP) is 5.36. The summed E-state index contributed by atoms with van der Waals surface area (Å²) >= 11 is 0. The number of sulfonamides is 1. The number of nitrogens with two attached hydrogens (primary N) is 2. The SMILES string of the molecule is CCC(C)(C)c1ccc(OCCCCNS(=O)(=O)c2ccc(N)cc2N)c(C(C)(C)CC)c1. The number of benzene rings is 2. The molecule has 5 N–H and O–H groups in total. The maximum atomic E-state index is 12.5. The Bertz CT molecular complexity index is 1050. The standard InChI is InChI=1S/C26H41N3O3S/c1-7-25(3,4)19-11-13-23(21(17-19)26(5,6)8-2)32-16-10-9-15-29-33(30,31)24-14-12-20(27)18-22(24)28/h11-14,17-18,29H,7-10,15-16,27-28H2,1-6H3. The molecule has 33 heavy (non-hydrogen) atoms. The summed E-state index contributed by atoms with van der Waals surface area (Å²) in [5.41, 5.74) is 14.7. The average molecular weight is 476 g/mol. The quantitative estimate of drug-likeness (QED) is 0.283. The third kappa shape index (κ3) is 6.87. The Morgan fingerprint density at radius 2 is 1.58 bits per heavy atom. The molecule has 2 rings (SSSR count). The van der Waals surface area contributed by atoms with Crippen LogP contribution in [0.1, 0.15) is 78.4 Å². The molecule has 7 heteroatoms. The molecule has 0 saturated carbocycles. The molecule has 0 heterocycles. The number of hydrogen-bond donors (Lipinski definition) is 3. The number of ether oxygens (including phenoxy) is 1. The number of rotatable bonds is 12. The van der Waals surface area contributed by atoms with Crippen LogP contribution in [-0.4, -0.2) is 21.6 Å². The van der Waals surface area contributed by atoms with E-state index in [4.69, 9.17) is 16.2 Å². The van der Waals surface area contributed by atoms with Gasteiger partial charge in [-0.2, -0.15) is 0 Å². The molecule has 0 radical (unpaired) electrons. The van der Waals surface area contributed by atoms with Crippen molar-refractivity contribution in [2.45, 2.75) is 83.0 Å². The van der Waals surface area contributed by atoms with Gasteiger partial charge in [-0.25, -0.2) is 13.1 Å². The molecular formula is C26H41N3O3S. The van der Waals surface area contributed by atoms with Crippen molar-refractivity contribution in [1.82, 2.24) is 4.72 Å². The highest BCUT2D eigenvalue weighted by atomic mass is 32.2. The monoisotopic (exact) mass is 475 g/mol. The lowest BCUT2D eigenvalue weighted by atomic mass is 9.76. The Hall–Kier alpha value is -2.25. The van der Waals surface area contributed by atoms with Crippen LogP contribution < -0.4 is 20.9 Å². The molecule has 0 aliphatic heterocycles. The van der Waals surface area contributed by atoms with Gasteiger partial charge in [0.2, 0.25) is 10.0 Å². The fourth-order valence-electron chi connectivity index (χ4n) is 3.51. The van der Waals surface area contributed by atoms with Crippen LogP contribution in [-0.2, 0) is 20.9 Å². The highest BCUT2D eigenvalue weighted by Crippen LogP contribution is 2.38. The molecule has 0 aliphatic rings. The topological polar surface area (TPSA) is 107 Å². The molecule has 0 unspecified atom stereocenters. The van der Waals surface area contributed by atoms with E-state index in [1.165, 1.54) is 29.3 Å². The number of hydrogen-bond acceptors (Lipinski definition) is 5. The highest BCUT2D eigenvalue weighted by molar-refractivity contribution is 7.89. The van der Waals surface area contributed by atoms with Crippen molar-refractivity contribution in [3.63, 3.8) is 0 Å². The largest absolute Gasteiger partial charge is 0.493 e. The first-order valence-electron chi connectivity index (χ1n) is 11.8. The van der Waals surface area contributed by atoms with E-state index in [1.54, 1.807) is 0 Å². The first kappa shape index (κ1) is 27.0. The van der Waals surface area contributed by atoms with Crippen molar-refractivity contribution < 1.29 is 13.2 Å².